The minimum atomic E-state index is -0.687. The smallest absolute Gasteiger partial charge is 0.341 e. The Bertz CT molecular complexity index is 1030. The zero-order chi connectivity index (χ0) is 21.0. The Morgan fingerprint density at radius 3 is 2.38 bits per heavy atom. The molecule has 0 saturated heterocycles. The molecule has 0 heterocycles. The normalized spacial score (nSPS) is 10.7. The summed E-state index contributed by atoms with van der Waals surface area (Å²) in [5, 5.41) is 20.2. The average Bonchev–Trinajstić information content (AvgIpc) is 2.71. The van der Waals surface area contributed by atoms with E-state index in [2.05, 4.69) is 30.3 Å². The zero-order valence-electron chi connectivity index (χ0n) is 16.4. The van der Waals surface area contributed by atoms with Gasteiger partial charge >= 0.3 is 5.97 Å². The maximum Gasteiger partial charge on any atom is 0.341 e. The van der Waals surface area contributed by atoms with Gasteiger partial charge in [-0.05, 0) is 48.4 Å². The van der Waals surface area contributed by atoms with E-state index >= 15 is 0 Å². The van der Waals surface area contributed by atoms with Gasteiger partial charge in [-0.15, -0.1) is 0 Å². The lowest BCUT2D eigenvalue weighted by atomic mass is 9.92. The number of rotatable bonds is 6. The van der Waals surface area contributed by atoms with Gasteiger partial charge in [-0.3, -0.25) is 0 Å². The van der Waals surface area contributed by atoms with Crippen LogP contribution in [-0.2, 0) is 24.0 Å². The summed E-state index contributed by atoms with van der Waals surface area (Å²) in [6, 6.07) is 17.6. The number of benzene rings is 3. The maximum atomic E-state index is 12.2. The summed E-state index contributed by atoms with van der Waals surface area (Å²) < 4.78 is 4.79. The predicted octanol–water partition coefficient (Wildman–Crippen LogP) is 5.22. The molecule has 0 aliphatic heterocycles. The standard InChI is InChI=1S/C24H23ClO4/c1-15-8-9-18(13-16-6-4-3-5-7-16)17(12-15)10-11-19-22(24(28)29-2)20(26)14-21(27)23(19)25/h3-9,12,14,26-27H,10-11,13H2,1-2H3. The Morgan fingerprint density at radius 1 is 0.966 bits per heavy atom. The van der Waals surface area contributed by atoms with Crippen LogP contribution in [0.5, 0.6) is 11.5 Å². The molecular formula is C24H23ClO4. The molecule has 0 bridgehead atoms. The number of phenols is 2. The van der Waals surface area contributed by atoms with Gasteiger partial charge in [0, 0.05) is 6.07 Å². The van der Waals surface area contributed by atoms with Crippen molar-refractivity contribution in [3.8, 4) is 11.5 Å². The Balaban J connectivity index is 1.94. The third kappa shape index (κ3) is 4.72. The minimum Gasteiger partial charge on any atom is -0.507 e. The van der Waals surface area contributed by atoms with Crippen molar-refractivity contribution >= 4 is 17.6 Å². The number of hydrogen-bond acceptors (Lipinski definition) is 4. The summed E-state index contributed by atoms with van der Waals surface area (Å²) >= 11 is 6.27. The molecule has 0 amide bonds. The van der Waals surface area contributed by atoms with Crippen molar-refractivity contribution in [2.45, 2.75) is 26.2 Å². The fraction of sp³-hybridized carbons (Fsp3) is 0.208. The van der Waals surface area contributed by atoms with E-state index < -0.39 is 5.97 Å². The van der Waals surface area contributed by atoms with Gasteiger partial charge in [0.05, 0.1) is 12.1 Å². The highest BCUT2D eigenvalue weighted by Crippen LogP contribution is 2.37. The molecule has 0 saturated carbocycles. The third-order valence-corrected chi connectivity index (χ3v) is 5.38. The number of carbonyl (C=O) groups is 1. The predicted molar refractivity (Wildman–Crippen MR) is 114 cm³/mol. The van der Waals surface area contributed by atoms with E-state index in [1.165, 1.54) is 18.2 Å². The first-order chi connectivity index (χ1) is 13.9. The molecule has 0 aromatic heterocycles. The van der Waals surface area contributed by atoms with Crippen LogP contribution >= 0.6 is 11.6 Å². The average molecular weight is 411 g/mol. The second-order valence-electron chi connectivity index (χ2n) is 7.01. The van der Waals surface area contributed by atoms with Crippen LogP contribution < -0.4 is 0 Å². The molecule has 5 heteroatoms. The molecule has 4 nitrogen and oxygen atoms in total. The number of ether oxygens (including phenoxy) is 1. The first-order valence-corrected chi connectivity index (χ1v) is 9.72. The third-order valence-electron chi connectivity index (χ3n) is 4.95. The van der Waals surface area contributed by atoms with Crippen molar-refractivity contribution in [2.75, 3.05) is 7.11 Å². The molecule has 0 radical (unpaired) electrons. The highest BCUT2D eigenvalue weighted by Gasteiger charge is 2.23. The number of aromatic hydroxyl groups is 2. The molecule has 0 fully saturated rings. The van der Waals surface area contributed by atoms with E-state index in [0.29, 0.717) is 18.4 Å². The van der Waals surface area contributed by atoms with Gasteiger partial charge in [-0.1, -0.05) is 65.7 Å². The molecule has 29 heavy (non-hydrogen) atoms. The molecule has 0 aliphatic carbocycles. The summed E-state index contributed by atoms with van der Waals surface area (Å²) in [5.41, 5.74) is 5.02. The quantitative estimate of drug-likeness (QED) is 0.546. The van der Waals surface area contributed by atoms with Crippen LogP contribution in [0.2, 0.25) is 5.02 Å². The lowest BCUT2D eigenvalue weighted by Gasteiger charge is -2.15. The monoisotopic (exact) mass is 410 g/mol. The van der Waals surface area contributed by atoms with E-state index in [-0.39, 0.29) is 22.1 Å². The lowest BCUT2D eigenvalue weighted by Crippen LogP contribution is -2.09. The summed E-state index contributed by atoms with van der Waals surface area (Å²) in [5.74, 6) is -1.30. The zero-order valence-corrected chi connectivity index (χ0v) is 17.2. The minimum absolute atomic E-state index is 0.00689. The van der Waals surface area contributed by atoms with Gasteiger partial charge in [-0.2, -0.15) is 0 Å². The van der Waals surface area contributed by atoms with Crippen molar-refractivity contribution in [3.63, 3.8) is 0 Å². The Labute approximate surface area is 175 Å². The molecule has 0 atom stereocenters. The Kier molecular flexibility index (Phi) is 6.45. The van der Waals surface area contributed by atoms with E-state index in [1.54, 1.807) is 0 Å². The van der Waals surface area contributed by atoms with Crippen LogP contribution in [0.4, 0.5) is 0 Å². The van der Waals surface area contributed by atoms with Crippen LogP contribution in [0, 0.1) is 6.92 Å². The number of methoxy groups -OCH3 is 1. The Hall–Kier alpha value is -2.98. The van der Waals surface area contributed by atoms with Gasteiger partial charge in [0.1, 0.15) is 17.1 Å². The molecule has 0 aliphatic rings. The van der Waals surface area contributed by atoms with Crippen LogP contribution in [-0.4, -0.2) is 23.3 Å². The summed E-state index contributed by atoms with van der Waals surface area (Å²) in [4.78, 5) is 12.2. The second kappa shape index (κ2) is 9.01. The van der Waals surface area contributed by atoms with Crippen molar-refractivity contribution < 1.29 is 19.7 Å². The first-order valence-electron chi connectivity index (χ1n) is 9.34. The highest BCUT2D eigenvalue weighted by molar-refractivity contribution is 6.33. The molecule has 3 aromatic carbocycles. The van der Waals surface area contributed by atoms with E-state index in [4.69, 9.17) is 16.3 Å². The first kappa shape index (κ1) is 20.7. The van der Waals surface area contributed by atoms with Crippen LogP contribution in [0.25, 0.3) is 0 Å². The van der Waals surface area contributed by atoms with E-state index in [0.717, 1.165) is 23.6 Å². The van der Waals surface area contributed by atoms with Crippen LogP contribution in [0.1, 0.15) is 38.2 Å². The summed E-state index contributed by atoms with van der Waals surface area (Å²) in [7, 11) is 1.24. The summed E-state index contributed by atoms with van der Waals surface area (Å²) in [6.45, 7) is 2.03. The lowest BCUT2D eigenvalue weighted by molar-refractivity contribution is 0.0596. The molecular weight excluding hydrogens is 388 g/mol. The molecule has 3 aromatic rings. The number of aryl methyl sites for hydroxylation is 2. The SMILES string of the molecule is COC(=O)c1c(O)cc(O)c(Cl)c1CCc1cc(C)ccc1Cc1ccccc1. The number of hydrogen-bond donors (Lipinski definition) is 2. The van der Waals surface area contributed by atoms with Crippen molar-refractivity contribution in [2.24, 2.45) is 0 Å². The molecule has 0 spiro atoms. The molecule has 0 unspecified atom stereocenters. The van der Waals surface area contributed by atoms with Gasteiger partial charge in [0.2, 0.25) is 0 Å². The van der Waals surface area contributed by atoms with E-state index in [9.17, 15) is 15.0 Å². The van der Waals surface area contributed by atoms with Gasteiger partial charge < -0.3 is 14.9 Å². The van der Waals surface area contributed by atoms with E-state index in [1.807, 2.05) is 25.1 Å². The van der Waals surface area contributed by atoms with Gasteiger partial charge in [0.15, 0.2) is 0 Å². The molecule has 2 N–H and O–H groups in total. The topological polar surface area (TPSA) is 66.8 Å². The Morgan fingerprint density at radius 2 is 1.69 bits per heavy atom. The number of halogens is 1. The van der Waals surface area contributed by atoms with Crippen LogP contribution in [0.15, 0.2) is 54.6 Å². The number of esters is 1. The number of carbonyl (C=O) groups excluding carboxylic acids is 1. The molecule has 3 rings (SSSR count). The highest BCUT2D eigenvalue weighted by atomic mass is 35.5. The largest absolute Gasteiger partial charge is 0.507 e. The second-order valence-corrected chi connectivity index (χ2v) is 7.39. The van der Waals surface area contributed by atoms with Crippen LogP contribution in [0.3, 0.4) is 0 Å². The van der Waals surface area contributed by atoms with Gasteiger partial charge in [0.25, 0.3) is 0 Å². The fourth-order valence-electron chi connectivity index (χ4n) is 3.48. The van der Waals surface area contributed by atoms with Crippen molar-refractivity contribution in [3.05, 3.63) is 93.0 Å². The number of phenolic OH excluding ortho intramolecular Hbond substituents is 2. The van der Waals surface area contributed by atoms with Gasteiger partial charge in [-0.25, -0.2) is 4.79 Å². The van der Waals surface area contributed by atoms with Crippen molar-refractivity contribution in [1.82, 2.24) is 0 Å². The maximum absolute atomic E-state index is 12.2. The summed E-state index contributed by atoms with van der Waals surface area (Å²) in [6.07, 6.45) is 1.76. The molecule has 150 valence electrons. The van der Waals surface area contributed by atoms with Crippen molar-refractivity contribution in [1.29, 1.82) is 0 Å². The fourth-order valence-corrected chi connectivity index (χ4v) is 3.73.